The normalized spacial score (nSPS) is 11.2. The minimum absolute atomic E-state index is 0.296. The zero-order chi connectivity index (χ0) is 23.5. The number of methoxy groups -OCH3 is 2. The molecule has 0 unspecified atom stereocenters. The summed E-state index contributed by atoms with van der Waals surface area (Å²) in [5.41, 5.74) is 5.24. The first-order valence-corrected chi connectivity index (χ1v) is 10.7. The van der Waals surface area contributed by atoms with E-state index in [-0.39, 0.29) is 5.91 Å². The molecule has 7 heteroatoms. The molecular weight excluding hydrogens is 428 g/mol. The van der Waals surface area contributed by atoms with Crippen LogP contribution in [0.1, 0.15) is 16.1 Å². The van der Waals surface area contributed by atoms with Gasteiger partial charge >= 0.3 is 0 Å². The molecule has 168 valence electrons. The Labute approximate surface area is 196 Å². The number of H-pyrrole nitrogens is 1. The Bertz CT molecular complexity index is 1480. The van der Waals surface area contributed by atoms with E-state index in [0.29, 0.717) is 22.9 Å². The van der Waals surface area contributed by atoms with E-state index in [4.69, 9.17) is 9.47 Å². The molecule has 4 aromatic carbocycles. The number of nitrogens with zero attached hydrogens (tertiary/aromatic N) is 2. The number of fused-ring (bicyclic) bond motifs is 2. The number of carbonyl (C=O) groups is 1. The van der Waals surface area contributed by atoms with Crippen molar-refractivity contribution in [3.05, 3.63) is 90.1 Å². The largest absolute Gasteiger partial charge is 0.493 e. The summed E-state index contributed by atoms with van der Waals surface area (Å²) in [6.45, 7) is 0. The molecule has 2 N–H and O–H groups in total. The number of ether oxygens (including phenoxy) is 2. The van der Waals surface area contributed by atoms with Crippen LogP contribution in [0.2, 0.25) is 0 Å². The minimum atomic E-state index is -0.389. The van der Waals surface area contributed by atoms with Crippen molar-refractivity contribution in [1.82, 2.24) is 15.6 Å². The Balaban J connectivity index is 1.39. The highest BCUT2D eigenvalue weighted by atomic mass is 16.5. The lowest BCUT2D eigenvalue weighted by Gasteiger charge is -2.08. The molecular formula is C27H22N4O3. The van der Waals surface area contributed by atoms with Crippen LogP contribution in [0.4, 0.5) is 0 Å². The van der Waals surface area contributed by atoms with Gasteiger partial charge in [-0.3, -0.25) is 9.89 Å². The molecule has 0 aliphatic carbocycles. The first-order chi connectivity index (χ1) is 16.7. The number of hydrogen-bond donors (Lipinski definition) is 2. The minimum Gasteiger partial charge on any atom is -0.493 e. The third kappa shape index (κ3) is 3.95. The number of hydrazone groups is 1. The summed E-state index contributed by atoms with van der Waals surface area (Å²) >= 11 is 0. The molecule has 1 heterocycles. The maximum atomic E-state index is 12.7. The summed E-state index contributed by atoms with van der Waals surface area (Å²) in [5, 5.41) is 15.6. The van der Waals surface area contributed by atoms with Crippen molar-refractivity contribution in [2.24, 2.45) is 5.10 Å². The third-order valence-corrected chi connectivity index (χ3v) is 5.67. The predicted octanol–water partition coefficient (Wildman–Crippen LogP) is 5.16. The maximum Gasteiger partial charge on any atom is 0.289 e. The molecule has 1 aromatic heterocycles. The molecule has 1 amide bonds. The molecule has 0 aliphatic rings. The number of aromatic amines is 1. The molecule has 0 bridgehead atoms. The highest BCUT2D eigenvalue weighted by molar-refractivity contribution is 6.13. The number of nitrogens with one attached hydrogen (secondary N) is 2. The molecule has 7 nitrogen and oxygen atoms in total. The summed E-state index contributed by atoms with van der Waals surface area (Å²) in [6.07, 6.45) is 1.69. The van der Waals surface area contributed by atoms with Crippen molar-refractivity contribution in [2.75, 3.05) is 14.2 Å². The van der Waals surface area contributed by atoms with Crippen LogP contribution >= 0.6 is 0 Å². The van der Waals surface area contributed by atoms with Crippen molar-refractivity contribution in [3.63, 3.8) is 0 Å². The fourth-order valence-corrected chi connectivity index (χ4v) is 3.99. The van der Waals surface area contributed by atoms with E-state index in [1.807, 2.05) is 30.3 Å². The molecule has 0 saturated carbocycles. The molecule has 5 aromatic rings. The van der Waals surface area contributed by atoms with Crippen LogP contribution in [0.3, 0.4) is 0 Å². The van der Waals surface area contributed by atoms with Gasteiger partial charge in [-0.2, -0.15) is 10.2 Å². The van der Waals surface area contributed by atoms with Crippen LogP contribution < -0.4 is 14.9 Å². The SMILES string of the molecule is COc1ccc(-c2cc(C(=O)N/N=C\c3c4ccccc4cc4ccccc34)[nH]n2)cc1OC. The van der Waals surface area contributed by atoms with Gasteiger partial charge < -0.3 is 9.47 Å². The van der Waals surface area contributed by atoms with E-state index >= 15 is 0 Å². The zero-order valence-corrected chi connectivity index (χ0v) is 18.7. The molecule has 0 aliphatic heterocycles. The van der Waals surface area contributed by atoms with Gasteiger partial charge in [0.25, 0.3) is 5.91 Å². The number of benzene rings is 4. The molecule has 0 spiro atoms. The highest BCUT2D eigenvalue weighted by Gasteiger charge is 2.13. The van der Waals surface area contributed by atoms with Crippen LogP contribution in [0, 0.1) is 0 Å². The number of rotatable bonds is 6. The Morgan fingerprint density at radius 3 is 2.24 bits per heavy atom. The lowest BCUT2D eigenvalue weighted by Crippen LogP contribution is -2.18. The summed E-state index contributed by atoms with van der Waals surface area (Å²) in [6, 6.07) is 25.5. The van der Waals surface area contributed by atoms with E-state index in [2.05, 4.69) is 51.1 Å². The van der Waals surface area contributed by atoms with Crippen LogP contribution in [-0.4, -0.2) is 36.5 Å². The van der Waals surface area contributed by atoms with Crippen LogP contribution in [0.25, 0.3) is 32.8 Å². The van der Waals surface area contributed by atoms with Crippen LogP contribution in [0.15, 0.2) is 84.0 Å². The summed E-state index contributed by atoms with van der Waals surface area (Å²) < 4.78 is 10.6. The predicted molar refractivity (Wildman–Crippen MR) is 134 cm³/mol. The van der Waals surface area contributed by atoms with Gasteiger partial charge in [-0.1, -0.05) is 48.5 Å². The molecule has 0 atom stereocenters. The maximum absolute atomic E-state index is 12.7. The van der Waals surface area contributed by atoms with Gasteiger partial charge in [0.2, 0.25) is 0 Å². The first-order valence-electron chi connectivity index (χ1n) is 10.7. The fourth-order valence-electron chi connectivity index (χ4n) is 3.99. The van der Waals surface area contributed by atoms with Crippen molar-refractivity contribution in [1.29, 1.82) is 0 Å². The van der Waals surface area contributed by atoms with Crippen molar-refractivity contribution in [3.8, 4) is 22.8 Å². The smallest absolute Gasteiger partial charge is 0.289 e. The molecule has 5 rings (SSSR count). The van der Waals surface area contributed by atoms with E-state index in [1.54, 1.807) is 38.6 Å². The standard InChI is InChI=1S/C27H22N4O3/c1-33-25-12-11-19(14-26(25)34-2)23-15-24(30-29-23)27(32)31-28-16-22-20-9-5-3-7-17(20)13-18-8-4-6-10-21(18)22/h3-16H,1-2H3,(H,29,30)(H,31,32)/b28-16-. The van der Waals surface area contributed by atoms with E-state index < -0.39 is 0 Å². The van der Waals surface area contributed by atoms with Crippen molar-refractivity contribution < 1.29 is 14.3 Å². The molecule has 0 radical (unpaired) electrons. The Morgan fingerprint density at radius 1 is 0.882 bits per heavy atom. The van der Waals surface area contributed by atoms with Crippen molar-refractivity contribution >= 4 is 33.7 Å². The topological polar surface area (TPSA) is 88.6 Å². The van der Waals surface area contributed by atoms with Gasteiger partial charge in [0.15, 0.2) is 11.5 Å². The van der Waals surface area contributed by atoms with E-state index in [9.17, 15) is 4.79 Å². The average Bonchev–Trinajstić information content (AvgIpc) is 3.38. The van der Waals surface area contributed by atoms with Crippen LogP contribution in [-0.2, 0) is 0 Å². The molecule has 0 saturated heterocycles. The van der Waals surface area contributed by atoms with Crippen molar-refractivity contribution in [2.45, 2.75) is 0 Å². The molecule has 0 fully saturated rings. The lowest BCUT2D eigenvalue weighted by atomic mass is 9.97. The second kappa shape index (κ2) is 9.07. The Morgan fingerprint density at radius 2 is 1.56 bits per heavy atom. The quantitative estimate of drug-likeness (QED) is 0.212. The monoisotopic (exact) mass is 450 g/mol. The second-order valence-corrected chi connectivity index (χ2v) is 7.67. The highest BCUT2D eigenvalue weighted by Crippen LogP contribution is 2.32. The second-order valence-electron chi connectivity index (χ2n) is 7.67. The molecule has 34 heavy (non-hydrogen) atoms. The number of carbonyl (C=O) groups excluding carboxylic acids is 1. The third-order valence-electron chi connectivity index (χ3n) is 5.67. The Kier molecular flexibility index (Phi) is 5.66. The summed E-state index contributed by atoms with van der Waals surface area (Å²) in [4.78, 5) is 12.7. The summed E-state index contributed by atoms with van der Waals surface area (Å²) in [5.74, 6) is 0.816. The Hall–Kier alpha value is -4.65. The van der Waals surface area contributed by atoms with E-state index in [1.165, 1.54) is 0 Å². The van der Waals surface area contributed by atoms with Crippen LogP contribution in [0.5, 0.6) is 11.5 Å². The van der Waals surface area contributed by atoms with E-state index in [0.717, 1.165) is 32.7 Å². The van der Waals surface area contributed by atoms with Gasteiger partial charge in [0, 0.05) is 11.1 Å². The van der Waals surface area contributed by atoms with Gasteiger partial charge in [0.05, 0.1) is 26.1 Å². The first kappa shape index (κ1) is 21.2. The van der Waals surface area contributed by atoms with Gasteiger partial charge in [-0.05, 0) is 51.9 Å². The van der Waals surface area contributed by atoms with Gasteiger partial charge in [-0.15, -0.1) is 0 Å². The van der Waals surface area contributed by atoms with Gasteiger partial charge in [0.1, 0.15) is 5.69 Å². The number of amides is 1. The lowest BCUT2D eigenvalue weighted by molar-refractivity contribution is 0.0950. The average molecular weight is 450 g/mol. The summed E-state index contributed by atoms with van der Waals surface area (Å²) in [7, 11) is 3.15. The fraction of sp³-hybridized carbons (Fsp3) is 0.0741. The zero-order valence-electron chi connectivity index (χ0n) is 18.7. The number of hydrogen-bond acceptors (Lipinski definition) is 5. The van der Waals surface area contributed by atoms with Gasteiger partial charge in [-0.25, -0.2) is 5.43 Å². The number of aromatic nitrogens is 2.